The maximum Gasteiger partial charge on any atom is 0.256 e. The highest BCUT2D eigenvalue weighted by Crippen LogP contribution is 2.24. The molecule has 0 aliphatic carbocycles. The number of hydrogen-bond acceptors (Lipinski definition) is 5. The van der Waals surface area contributed by atoms with E-state index in [9.17, 15) is 4.79 Å². The summed E-state index contributed by atoms with van der Waals surface area (Å²) in [6, 6.07) is 6.48. The van der Waals surface area contributed by atoms with Crippen molar-refractivity contribution in [1.29, 1.82) is 0 Å². The fourth-order valence-electron chi connectivity index (χ4n) is 3.51. The number of carbonyl (C=O) groups is 1. The summed E-state index contributed by atoms with van der Waals surface area (Å²) in [6.45, 7) is 13.3. The quantitative estimate of drug-likeness (QED) is 0.813. The smallest absolute Gasteiger partial charge is 0.256 e. The van der Waals surface area contributed by atoms with Gasteiger partial charge in [-0.25, -0.2) is 9.97 Å². The molecule has 1 aliphatic rings. The summed E-state index contributed by atoms with van der Waals surface area (Å²) >= 11 is 0. The van der Waals surface area contributed by atoms with E-state index in [2.05, 4.69) is 51.8 Å². The predicted molar refractivity (Wildman–Crippen MR) is 110 cm³/mol. The van der Waals surface area contributed by atoms with Gasteiger partial charge in [0, 0.05) is 57.3 Å². The van der Waals surface area contributed by atoms with Crippen molar-refractivity contribution in [1.82, 2.24) is 14.9 Å². The van der Waals surface area contributed by atoms with E-state index in [1.807, 2.05) is 13.8 Å². The van der Waals surface area contributed by atoms with Gasteiger partial charge < -0.3 is 14.7 Å². The second kappa shape index (κ2) is 8.37. The van der Waals surface area contributed by atoms with Crippen LogP contribution < -0.4 is 9.80 Å². The minimum atomic E-state index is -0.00806. The lowest BCUT2D eigenvalue weighted by atomic mass is 10.1. The topological polar surface area (TPSA) is 52.6 Å². The summed E-state index contributed by atoms with van der Waals surface area (Å²) in [6.07, 6.45) is 3.31. The third kappa shape index (κ3) is 4.04. The predicted octanol–water partition coefficient (Wildman–Crippen LogP) is 2.90. The first-order valence-electron chi connectivity index (χ1n) is 9.72. The lowest BCUT2D eigenvalue weighted by molar-refractivity contribution is 0.0772. The van der Waals surface area contributed by atoms with Gasteiger partial charge in [-0.15, -0.1) is 0 Å². The second-order valence-corrected chi connectivity index (χ2v) is 6.94. The number of anilines is 2. The summed E-state index contributed by atoms with van der Waals surface area (Å²) in [7, 11) is 0. The van der Waals surface area contributed by atoms with Crippen LogP contribution in [0, 0.1) is 13.8 Å². The van der Waals surface area contributed by atoms with Crippen molar-refractivity contribution in [3.05, 3.63) is 47.3 Å². The van der Waals surface area contributed by atoms with Crippen molar-refractivity contribution in [2.45, 2.75) is 27.7 Å². The van der Waals surface area contributed by atoms with E-state index in [1.165, 1.54) is 16.8 Å². The number of benzene rings is 1. The van der Waals surface area contributed by atoms with E-state index in [1.54, 1.807) is 17.3 Å². The van der Waals surface area contributed by atoms with E-state index in [0.717, 1.165) is 26.2 Å². The molecule has 1 aliphatic heterocycles. The zero-order valence-electron chi connectivity index (χ0n) is 16.8. The van der Waals surface area contributed by atoms with Crippen LogP contribution in [0.1, 0.15) is 35.3 Å². The van der Waals surface area contributed by atoms with Crippen LogP contribution in [-0.2, 0) is 0 Å². The Kier molecular flexibility index (Phi) is 5.94. The van der Waals surface area contributed by atoms with Gasteiger partial charge in [0.25, 0.3) is 5.91 Å². The average Bonchev–Trinajstić information content (AvgIpc) is 2.71. The van der Waals surface area contributed by atoms with Gasteiger partial charge in [0.15, 0.2) is 0 Å². The Labute approximate surface area is 161 Å². The van der Waals surface area contributed by atoms with Gasteiger partial charge in [-0.3, -0.25) is 4.79 Å². The molecule has 0 atom stereocenters. The monoisotopic (exact) mass is 367 g/mol. The molecule has 3 rings (SSSR count). The van der Waals surface area contributed by atoms with Crippen LogP contribution in [0.3, 0.4) is 0 Å². The number of nitrogens with zero attached hydrogens (tertiary/aromatic N) is 5. The molecule has 0 unspecified atom stereocenters. The van der Waals surface area contributed by atoms with Gasteiger partial charge in [-0.2, -0.15) is 0 Å². The standard InChI is InChI=1S/C21H29N5O/c1-5-24(6-2)20(27)18-14-22-21(23-15-18)26-12-10-25(11-13-26)19-9-7-8-16(3)17(19)4/h7-9,14-15H,5-6,10-13H2,1-4H3. The Morgan fingerprint density at radius 1 is 1.00 bits per heavy atom. The molecule has 0 N–H and O–H groups in total. The first-order valence-corrected chi connectivity index (χ1v) is 9.72. The lowest BCUT2D eigenvalue weighted by Gasteiger charge is -2.37. The summed E-state index contributed by atoms with van der Waals surface area (Å²) < 4.78 is 0. The summed E-state index contributed by atoms with van der Waals surface area (Å²) in [5.74, 6) is 0.693. The van der Waals surface area contributed by atoms with E-state index in [0.29, 0.717) is 24.6 Å². The van der Waals surface area contributed by atoms with Gasteiger partial charge in [-0.05, 0) is 44.9 Å². The molecule has 0 bridgehead atoms. The second-order valence-electron chi connectivity index (χ2n) is 6.94. The molecule has 1 aromatic carbocycles. The van der Waals surface area contributed by atoms with Crippen LogP contribution in [0.4, 0.5) is 11.6 Å². The fraction of sp³-hybridized carbons (Fsp3) is 0.476. The first kappa shape index (κ1) is 19.1. The Hall–Kier alpha value is -2.63. The maximum absolute atomic E-state index is 12.4. The van der Waals surface area contributed by atoms with E-state index in [4.69, 9.17) is 0 Å². The highest BCUT2D eigenvalue weighted by atomic mass is 16.2. The fourth-order valence-corrected chi connectivity index (χ4v) is 3.51. The number of carbonyl (C=O) groups excluding carboxylic acids is 1. The van der Waals surface area contributed by atoms with Crippen molar-refractivity contribution < 1.29 is 4.79 Å². The minimum absolute atomic E-state index is 0.00806. The summed E-state index contributed by atoms with van der Waals surface area (Å²) in [5, 5.41) is 0. The zero-order valence-corrected chi connectivity index (χ0v) is 16.8. The van der Waals surface area contributed by atoms with Gasteiger partial charge in [0.1, 0.15) is 0 Å². The van der Waals surface area contributed by atoms with Gasteiger partial charge in [0.05, 0.1) is 5.56 Å². The maximum atomic E-state index is 12.4. The molecule has 1 amide bonds. The Balaban J connectivity index is 1.64. The van der Waals surface area contributed by atoms with Crippen molar-refractivity contribution in [3.8, 4) is 0 Å². The molecule has 6 nitrogen and oxygen atoms in total. The highest BCUT2D eigenvalue weighted by molar-refractivity contribution is 5.93. The molecule has 0 saturated carbocycles. The molecule has 0 spiro atoms. The minimum Gasteiger partial charge on any atom is -0.368 e. The van der Waals surface area contributed by atoms with Crippen molar-refractivity contribution >= 4 is 17.5 Å². The third-order valence-electron chi connectivity index (χ3n) is 5.42. The van der Waals surface area contributed by atoms with Gasteiger partial charge in [0.2, 0.25) is 5.95 Å². The van der Waals surface area contributed by atoms with Gasteiger partial charge in [-0.1, -0.05) is 12.1 Å². The molecular formula is C21H29N5O. The average molecular weight is 367 g/mol. The van der Waals surface area contributed by atoms with E-state index < -0.39 is 0 Å². The zero-order chi connectivity index (χ0) is 19.4. The largest absolute Gasteiger partial charge is 0.368 e. The third-order valence-corrected chi connectivity index (χ3v) is 5.42. The van der Waals surface area contributed by atoms with Crippen molar-refractivity contribution in [2.75, 3.05) is 49.1 Å². The molecule has 0 radical (unpaired) electrons. The van der Waals surface area contributed by atoms with E-state index >= 15 is 0 Å². The molecule has 144 valence electrons. The first-order chi connectivity index (χ1) is 13.0. The van der Waals surface area contributed by atoms with E-state index in [-0.39, 0.29) is 5.91 Å². The number of amides is 1. The molecule has 1 aromatic heterocycles. The SMILES string of the molecule is CCN(CC)C(=O)c1cnc(N2CCN(c3cccc(C)c3C)CC2)nc1. The van der Waals surface area contributed by atoms with Crippen LogP contribution >= 0.6 is 0 Å². The molecule has 1 saturated heterocycles. The Bertz CT molecular complexity index is 778. The van der Waals surface area contributed by atoms with Crippen molar-refractivity contribution in [2.24, 2.45) is 0 Å². The van der Waals surface area contributed by atoms with Crippen molar-refractivity contribution in [3.63, 3.8) is 0 Å². The number of rotatable bonds is 5. The number of aryl methyl sites for hydroxylation is 1. The normalized spacial score (nSPS) is 14.4. The molecule has 27 heavy (non-hydrogen) atoms. The van der Waals surface area contributed by atoms with Crippen LogP contribution in [0.5, 0.6) is 0 Å². The highest BCUT2D eigenvalue weighted by Gasteiger charge is 2.21. The van der Waals surface area contributed by atoms with Gasteiger partial charge >= 0.3 is 0 Å². The molecule has 2 aromatic rings. The molecule has 2 heterocycles. The Morgan fingerprint density at radius 2 is 1.59 bits per heavy atom. The number of aromatic nitrogens is 2. The van der Waals surface area contributed by atoms with Crippen LogP contribution in [0.25, 0.3) is 0 Å². The lowest BCUT2D eigenvalue weighted by Crippen LogP contribution is -2.47. The van der Waals surface area contributed by atoms with Crippen LogP contribution in [0.15, 0.2) is 30.6 Å². The number of hydrogen-bond donors (Lipinski definition) is 0. The summed E-state index contributed by atoms with van der Waals surface area (Å²) in [4.78, 5) is 27.7. The molecule has 6 heteroatoms. The van der Waals surface area contributed by atoms with Crippen LogP contribution in [-0.4, -0.2) is 60.0 Å². The molecular weight excluding hydrogens is 338 g/mol. The Morgan fingerprint density at radius 3 is 2.19 bits per heavy atom. The number of piperazine rings is 1. The van der Waals surface area contributed by atoms with Crippen LogP contribution in [0.2, 0.25) is 0 Å². The summed E-state index contributed by atoms with van der Waals surface area (Å²) in [5.41, 5.74) is 4.54. The molecule has 1 fully saturated rings.